The molecule has 1 aliphatic rings. The van der Waals surface area contributed by atoms with E-state index in [4.69, 9.17) is 4.98 Å². The van der Waals surface area contributed by atoms with E-state index in [0.717, 1.165) is 41.9 Å². The van der Waals surface area contributed by atoms with Crippen molar-refractivity contribution >= 4 is 22.6 Å². The van der Waals surface area contributed by atoms with Gasteiger partial charge in [-0.25, -0.2) is 4.98 Å². The van der Waals surface area contributed by atoms with E-state index in [-0.39, 0.29) is 11.8 Å². The maximum Gasteiger partial charge on any atom is 0.227 e. The van der Waals surface area contributed by atoms with Crippen LogP contribution in [0, 0.1) is 13.8 Å². The normalized spacial score (nSPS) is 16.2. The summed E-state index contributed by atoms with van der Waals surface area (Å²) in [7, 11) is 0. The predicted octanol–water partition coefficient (Wildman–Crippen LogP) is 5.81. The Morgan fingerprint density at radius 2 is 1.66 bits per heavy atom. The van der Waals surface area contributed by atoms with Gasteiger partial charge in [0, 0.05) is 31.1 Å². The fourth-order valence-electron chi connectivity index (χ4n) is 4.96. The third-order valence-electron chi connectivity index (χ3n) is 6.38. The number of anilines is 1. The first-order valence-electron chi connectivity index (χ1n) is 11.5. The molecule has 3 aromatic carbocycles. The minimum Gasteiger partial charge on any atom is -0.328 e. The van der Waals surface area contributed by atoms with Crippen molar-refractivity contribution in [2.75, 3.05) is 11.4 Å². The molecular weight excluding hydrogens is 394 g/mol. The number of amides is 1. The number of fused-ring (bicyclic) bond motifs is 1. The topological polar surface area (TPSA) is 38.1 Å². The molecule has 2 heterocycles. The van der Waals surface area contributed by atoms with Gasteiger partial charge in [0.05, 0.1) is 11.0 Å². The molecule has 4 heteroatoms. The molecule has 1 atom stereocenters. The lowest BCUT2D eigenvalue weighted by molar-refractivity contribution is -0.117. The second-order valence-electron chi connectivity index (χ2n) is 8.95. The standard InChI is InChI=1S/C28H29N3O/c1-20-15-21(2)17-24(16-20)31-19-23(18-27(31)32)28-29-25-12-6-7-13-26(25)30(28)14-8-11-22-9-4-3-5-10-22/h3-7,9-10,12-13,15-17,23H,8,11,14,18-19H2,1-2H3. The Balaban J connectivity index is 1.42. The quantitative estimate of drug-likeness (QED) is 0.393. The highest BCUT2D eigenvalue weighted by Gasteiger charge is 2.34. The molecule has 0 saturated carbocycles. The van der Waals surface area contributed by atoms with Crippen LogP contribution in [-0.2, 0) is 17.8 Å². The maximum absolute atomic E-state index is 13.0. The van der Waals surface area contributed by atoms with E-state index in [1.165, 1.54) is 16.7 Å². The number of benzene rings is 3. The van der Waals surface area contributed by atoms with E-state index >= 15 is 0 Å². The molecule has 0 spiro atoms. The Labute approximate surface area is 189 Å². The van der Waals surface area contributed by atoms with Gasteiger partial charge in [-0.2, -0.15) is 0 Å². The van der Waals surface area contributed by atoms with Gasteiger partial charge in [-0.3, -0.25) is 4.79 Å². The van der Waals surface area contributed by atoms with Gasteiger partial charge in [0.1, 0.15) is 5.82 Å². The zero-order valence-corrected chi connectivity index (χ0v) is 18.8. The molecule has 0 aliphatic carbocycles. The first-order valence-corrected chi connectivity index (χ1v) is 11.5. The summed E-state index contributed by atoms with van der Waals surface area (Å²) < 4.78 is 2.35. The zero-order chi connectivity index (χ0) is 22.1. The van der Waals surface area contributed by atoms with Crippen molar-refractivity contribution in [3.8, 4) is 0 Å². The van der Waals surface area contributed by atoms with Crippen molar-refractivity contribution in [1.82, 2.24) is 9.55 Å². The van der Waals surface area contributed by atoms with Gasteiger partial charge in [0.2, 0.25) is 5.91 Å². The SMILES string of the molecule is Cc1cc(C)cc(N2CC(c3nc4ccccc4n3CCCc3ccccc3)CC2=O)c1. The number of para-hydroxylation sites is 2. The molecule has 1 unspecified atom stereocenters. The van der Waals surface area contributed by atoms with Gasteiger partial charge in [-0.05, 0) is 67.6 Å². The van der Waals surface area contributed by atoms with E-state index in [0.29, 0.717) is 13.0 Å². The summed E-state index contributed by atoms with van der Waals surface area (Å²) in [6.07, 6.45) is 2.58. The minimum absolute atomic E-state index is 0.104. The molecule has 0 bridgehead atoms. The summed E-state index contributed by atoms with van der Waals surface area (Å²) in [5, 5.41) is 0. The lowest BCUT2D eigenvalue weighted by Gasteiger charge is -2.19. The molecule has 0 radical (unpaired) electrons. The van der Waals surface area contributed by atoms with Crippen LogP contribution in [0.2, 0.25) is 0 Å². The fourth-order valence-corrected chi connectivity index (χ4v) is 4.96. The van der Waals surface area contributed by atoms with Gasteiger partial charge >= 0.3 is 0 Å². The predicted molar refractivity (Wildman–Crippen MR) is 130 cm³/mol. The summed E-state index contributed by atoms with van der Waals surface area (Å²) in [6, 6.07) is 25.3. The van der Waals surface area contributed by atoms with Crippen LogP contribution in [0.25, 0.3) is 11.0 Å². The molecule has 1 aromatic heterocycles. The van der Waals surface area contributed by atoms with Crippen LogP contribution >= 0.6 is 0 Å². The monoisotopic (exact) mass is 423 g/mol. The molecule has 1 aliphatic heterocycles. The number of hydrogen-bond donors (Lipinski definition) is 0. The van der Waals surface area contributed by atoms with E-state index in [9.17, 15) is 4.79 Å². The number of carbonyl (C=O) groups is 1. The molecule has 1 amide bonds. The van der Waals surface area contributed by atoms with Crippen molar-refractivity contribution in [2.24, 2.45) is 0 Å². The van der Waals surface area contributed by atoms with Gasteiger partial charge < -0.3 is 9.47 Å². The molecular formula is C28H29N3O. The number of rotatable bonds is 6. The lowest BCUT2D eigenvalue weighted by Crippen LogP contribution is -2.24. The molecule has 0 N–H and O–H groups in total. The Kier molecular flexibility index (Phi) is 5.52. The highest BCUT2D eigenvalue weighted by molar-refractivity contribution is 5.96. The Morgan fingerprint density at radius 3 is 2.44 bits per heavy atom. The second kappa shape index (κ2) is 8.62. The van der Waals surface area contributed by atoms with Crippen LogP contribution < -0.4 is 4.90 Å². The van der Waals surface area contributed by atoms with Gasteiger partial charge in [-0.15, -0.1) is 0 Å². The van der Waals surface area contributed by atoms with Crippen molar-refractivity contribution < 1.29 is 4.79 Å². The minimum atomic E-state index is 0.104. The van der Waals surface area contributed by atoms with Gasteiger partial charge in [-0.1, -0.05) is 48.5 Å². The van der Waals surface area contributed by atoms with E-state index in [1.54, 1.807) is 0 Å². The van der Waals surface area contributed by atoms with Crippen molar-refractivity contribution in [2.45, 2.75) is 45.6 Å². The molecule has 32 heavy (non-hydrogen) atoms. The van der Waals surface area contributed by atoms with Crippen LogP contribution in [0.1, 0.15) is 41.3 Å². The first kappa shape index (κ1) is 20.5. The van der Waals surface area contributed by atoms with Crippen molar-refractivity contribution in [1.29, 1.82) is 0 Å². The second-order valence-corrected chi connectivity index (χ2v) is 8.95. The van der Waals surface area contributed by atoms with Crippen LogP contribution in [-0.4, -0.2) is 22.0 Å². The summed E-state index contributed by atoms with van der Waals surface area (Å²) in [4.78, 5) is 19.9. The fraction of sp³-hybridized carbons (Fsp3) is 0.286. The molecule has 4 aromatic rings. The molecule has 4 nitrogen and oxygen atoms in total. The van der Waals surface area contributed by atoms with Crippen LogP contribution in [0.4, 0.5) is 5.69 Å². The summed E-state index contributed by atoms with van der Waals surface area (Å²) in [5.41, 5.74) is 6.90. The highest BCUT2D eigenvalue weighted by atomic mass is 16.2. The maximum atomic E-state index is 13.0. The summed E-state index contributed by atoms with van der Waals surface area (Å²) in [5.74, 6) is 1.33. The third kappa shape index (κ3) is 4.05. The number of aryl methyl sites for hydroxylation is 4. The highest BCUT2D eigenvalue weighted by Crippen LogP contribution is 2.34. The number of hydrogen-bond acceptors (Lipinski definition) is 2. The Bertz CT molecular complexity index is 1240. The third-order valence-corrected chi connectivity index (χ3v) is 6.38. The average molecular weight is 424 g/mol. The Morgan fingerprint density at radius 1 is 0.938 bits per heavy atom. The van der Waals surface area contributed by atoms with Crippen LogP contribution in [0.15, 0.2) is 72.8 Å². The first-order chi connectivity index (χ1) is 15.6. The van der Waals surface area contributed by atoms with Gasteiger partial charge in [0.25, 0.3) is 0 Å². The lowest BCUT2D eigenvalue weighted by atomic mass is 10.1. The van der Waals surface area contributed by atoms with E-state index in [2.05, 4.69) is 85.1 Å². The molecule has 5 rings (SSSR count). The number of imidazole rings is 1. The van der Waals surface area contributed by atoms with Crippen molar-refractivity contribution in [3.05, 3.63) is 95.3 Å². The van der Waals surface area contributed by atoms with Gasteiger partial charge in [0.15, 0.2) is 0 Å². The average Bonchev–Trinajstić information content (AvgIpc) is 3.34. The van der Waals surface area contributed by atoms with Crippen molar-refractivity contribution in [3.63, 3.8) is 0 Å². The van der Waals surface area contributed by atoms with E-state index < -0.39 is 0 Å². The molecule has 162 valence electrons. The molecule has 1 fully saturated rings. The zero-order valence-electron chi connectivity index (χ0n) is 18.8. The Hall–Kier alpha value is -3.40. The smallest absolute Gasteiger partial charge is 0.227 e. The van der Waals surface area contributed by atoms with Crippen LogP contribution in [0.3, 0.4) is 0 Å². The summed E-state index contributed by atoms with van der Waals surface area (Å²) in [6.45, 7) is 5.75. The summed E-state index contributed by atoms with van der Waals surface area (Å²) >= 11 is 0. The number of aromatic nitrogens is 2. The number of nitrogens with zero attached hydrogens (tertiary/aromatic N) is 3. The molecule has 1 saturated heterocycles. The number of carbonyl (C=O) groups excluding carboxylic acids is 1. The van der Waals surface area contributed by atoms with Crippen LogP contribution in [0.5, 0.6) is 0 Å². The largest absolute Gasteiger partial charge is 0.328 e. The van der Waals surface area contributed by atoms with E-state index in [1.807, 2.05) is 11.0 Å².